The van der Waals surface area contributed by atoms with Crippen LogP contribution in [0.5, 0.6) is 5.75 Å². The fraction of sp³-hybridized carbons (Fsp3) is 0.333. The molecule has 1 amide bonds. The SMILES string of the molecule is CN=C(NCC(=O)N1CCc2ccccc2C1)NCc1ccc(OC)cc1. The van der Waals surface area contributed by atoms with E-state index < -0.39 is 0 Å². The van der Waals surface area contributed by atoms with Crippen LogP contribution in [0.4, 0.5) is 0 Å². The highest BCUT2D eigenvalue weighted by Crippen LogP contribution is 2.18. The lowest BCUT2D eigenvalue weighted by Gasteiger charge is -2.29. The summed E-state index contributed by atoms with van der Waals surface area (Å²) in [5, 5.41) is 6.33. The van der Waals surface area contributed by atoms with E-state index in [-0.39, 0.29) is 12.5 Å². The molecule has 0 aliphatic carbocycles. The predicted molar refractivity (Wildman–Crippen MR) is 107 cm³/mol. The summed E-state index contributed by atoms with van der Waals surface area (Å²) in [7, 11) is 3.35. The second-order valence-electron chi connectivity index (χ2n) is 6.46. The molecule has 2 N–H and O–H groups in total. The van der Waals surface area contributed by atoms with Crippen molar-refractivity contribution >= 4 is 11.9 Å². The molecule has 1 heterocycles. The first kappa shape index (κ1) is 18.8. The number of guanidine groups is 1. The van der Waals surface area contributed by atoms with E-state index in [9.17, 15) is 4.79 Å². The van der Waals surface area contributed by atoms with E-state index in [1.54, 1.807) is 14.2 Å². The maximum absolute atomic E-state index is 12.5. The molecule has 0 unspecified atom stereocenters. The standard InChI is InChI=1S/C21H26N4O2/c1-22-21(23-13-16-7-9-19(27-2)10-8-16)24-14-20(26)25-12-11-17-5-3-4-6-18(17)15-25/h3-10H,11-15H2,1-2H3,(H2,22,23,24). The molecule has 0 fully saturated rings. The molecule has 0 bridgehead atoms. The molecule has 0 radical (unpaired) electrons. The van der Waals surface area contributed by atoms with Gasteiger partial charge in [-0.15, -0.1) is 0 Å². The van der Waals surface area contributed by atoms with Crippen molar-refractivity contribution in [1.82, 2.24) is 15.5 Å². The van der Waals surface area contributed by atoms with Crippen LogP contribution in [0.25, 0.3) is 0 Å². The summed E-state index contributed by atoms with van der Waals surface area (Å²) >= 11 is 0. The van der Waals surface area contributed by atoms with Gasteiger partial charge in [-0.1, -0.05) is 36.4 Å². The Kier molecular flexibility index (Phi) is 6.30. The number of fused-ring (bicyclic) bond motifs is 1. The molecule has 2 aromatic carbocycles. The number of methoxy groups -OCH3 is 1. The number of nitrogens with one attached hydrogen (secondary N) is 2. The van der Waals surface area contributed by atoms with Crippen molar-refractivity contribution in [2.45, 2.75) is 19.5 Å². The van der Waals surface area contributed by atoms with E-state index >= 15 is 0 Å². The molecule has 0 saturated carbocycles. The van der Waals surface area contributed by atoms with Crippen LogP contribution in [0, 0.1) is 0 Å². The van der Waals surface area contributed by atoms with Crippen molar-refractivity contribution < 1.29 is 9.53 Å². The van der Waals surface area contributed by atoms with Crippen LogP contribution in [0.1, 0.15) is 16.7 Å². The monoisotopic (exact) mass is 366 g/mol. The Morgan fingerprint density at radius 2 is 1.85 bits per heavy atom. The third-order valence-electron chi connectivity index (χ3n) is 4.73. The molecule has 0 saturated heterocycles. The summed E-state index contributed by atoms with van der Waals surface area (Å²) < 4.78 is 5.16. The quantitative estimate of drug-likeness (QED) is 0.627. The molecule has 6 nitrogen and oxygen atoms in total. The highest BCUT2D eigenvalue weighted by molar-refractivity contribution is 5.86. The number of ether oxygens (including phenoxy) is 1. The molecular formula is C21H26N4O2. The van der Waals surface area contributed by atoms with Gasteiger partial charge in [0.2, 0.25) is 5.91 Å². The Balaban J connectivity index is 1.47. The summed E-state index contributed by atoms with van der Waals surface area (Å²) in [5.74, 6) is 1.52. The van der Waals surface area contributed by atoms with E-state index in [4.69, 9.17) is 4.74 Å². The topological polar surface area (TPSA) is 66.0 Å². The summed E-state index contributed by atoms with van der Waals surface area (Å²) in [6.45, 7) is 2.28. The molecule has 0 aromatic heterocycles. The second-order valence-corrected chi connectivity index (χ2v) is 6.46. The van der Waals surface area contributed by atoms with Gasteiger partial charge in [0.05, 0.1) is 13.7 Å². The van der Waals surface area contributed by atoms with Crippen LogP contribution >= 0.6 is 0 Å². The number of aliphatic imine (C=N–C) groups is 1. The van der Waals surface area contributed by atoms with Gasteiger partial charge in [0.15, 0.2) is 5.96 Å². The summed E-state index contributed by atoms with van der Waals surface area (Å²) in [4.78, 5) is 18.6. The molecule has 6 heteroatoms. The van der Waals surface area contributed by atoms with Crippen molar-refractivity contribution in [2.24, 2.45) is 4.99 Å². The maximum atomic E-state index is 12.5. The molecule has 3 rings (SSSR count). The molecular weight excluding hydrogens is 340 g/mol. The Hall–Kier alpha value is -3.02. The van der Waals surface area contributed by atoms with Gasteiger partial charge in [-0.25, -0.2) is 0 Å². The van der Waals surface area contributed by atoms with Gasteiger partial charge in [-0.05, 0) is 35.2 Å². The van der Waals surface area contributed by atoms with Gasteiger partial charge in [-0.2, -0.15) is 0 Å². The zero-order valence-electron chi connectivity index (χ0n) is 15.9. The Bertz CT molecular complexity index is 802. The number of carbonyl (C=O) groups excluding carboxylic acids is 1. The van der Waals surface area contributed by atoms with Gasteiger partial charge >= 0.3 is 0 Å². The average Bonchev–Trinajstić information content (AvgIpc) is 2.73. The van der Waals surface area contributed by atoms with Crippen molar-refractivity contribution in [3.8, 4) is 5.75 Å². The molecule has 2 aromatic rings. The molecule has 142 valence electrons. The highest BCUT2D eigenvalue weighted by atomic mass is 16.5. The summed E-state index contributed by atoms with van der Waals surface area (Å²) in [5.41, 5.74) is 3.68. The first-order valence-corrected chi connectivity index (χ1v) is 9.11. The van der Waals surface area contributed by atoms with E-state index in [0.29, 0.717) is 19.0 Å². The second kappa shape index (κ2) is 9.07. The number of hydrogen-bond donors (Lipinski definition) is 2. The highest BCUT2D eigenvalue weighted by Gasteiger charge is 2.20. The third kappa shape index (κ3) is 5.00. The lowest BCUT2D eigenvalue weighted by atomic mass is 10.00. The first-order valence-electron chi connectivity index (χ1n) is 9.11. The average molecular weight is 366 g/mol. The largest absolute Gasteiger partial charge is 0.497 e. The van der Waals surface area contributed by atoms with E-state index in [2.05, 4.69) is 33.8 Å². The van der Waals surface area contributed by atoms with Crippen LogP contribution in [0.2, 0.25) is 0 Å². The van der Waals surface area contributed by atoms with Crippen molar-refractivity contribution in [2.75, 3.05) is 27.2 Å². The van der Waals surface area contributed by atoms with Gasteiger partial charge < -0.3 is 20.3 Å². The fourth-order valence-corrected chi connectivity index (χ4v) is 3.13. The van der Waals surface area contributed by atoms with Crippen LogP contribution < -0.4 is 15.4 Å². The number of rotatable bonds is 5. The number of carbonyl (C=O) groups is 1. The zero-order chi connectivity index (χ0) is 19.1. The van der Waals surface area contributed by atoms with Gasteiger partial charge in [0, 0.05) is 26.7 Å². The van der Waals surface area contributed by atoms with E-state index in [1.165, 1.54) is 11.1 Å². The van der Waals surface area contributed by atoms with Crippen LogP contribution in [0.3, 0.4) is 0 Å². The van der Waals surface area contributed by atoms with Crippen LogP contribution in [-0.4, -0.2) is 44.0 Å². The van der Waals surface area contributed by atoms with Crippen LogP contribution in [-0.2, 0) is 24.3 Å². The molecule has 1 aliphatic heterocycles. The normalized spacial score (nSPS) is 13.7. The number of benzene rings is 2. The molecule has 27 heavy (non-hydrogen) atoms. The van der Waals surface area contributed by atoms with E-state index in [1.807, 2.05) is 35.2 Å². The minimum absolute atomic E-state index is 0.0805. The van der Waals surface area contributed by atoms with E-state index in [0.717, 1.165) is 24.3 Å². The van der Waals surface area contributed by atoms with Crippen molar-refractivity contribution in [1.29, 1.82) is 0 Å². The number of nitrogens with zero attached hydrogens (tertiary/aromatic N) is 2. The summed E-state index contributed by atoms with van der Waals surface area (Å²) in [6.07, 6.45) is 0.909. The number of hydrogen-bond acceptors (Lipinski definition) is 3. The summed E-state index contributed by atoms with van der Waals surface area (Å²) in [6, 6.07) is 16.1. The Labute approximate surface area is 160 Å². The lowest BCUT2D eigenvalue weighted by molar-refractivity contribution is -0.130. The van der Waals surface area contributed by atoms with Crippen molar-refractivity contribution in [3.05, 3.63) is 65.2 Å². The van der Waals surface area contributed by atoms with Gasteiger partial charge in [0.1, 0.15) is 5.75 Å². The minimum atomic E-state index is 0.0805. The van der Waals surface area contributed by atoms with Gasteiger partial charge in [0.25, 0.3) is 0 Å². The smallest absolute Gasteiger partial charge is 0.242 e. The predicted octanol–water partition coefficient (Wildman–Crippen LogP) is 1.95. The Morgan fingerprint density at radius 1 is 1.11 bits per heavy atom. The Morgan fingerprint density at radius 3 is 2.56 bits per heavy atom. The zero-order valence-corrected chi connectivity index (χ0v) is 15.9. The fourth-order valence-electron chi connectivity index (χ4n) is 3.13. The maximum Gasteiger partial charge on any atom is 0.242 e. The first-order chi connectivity index (χ1) is 13.2. The number of amides is 1. The minimum Gasteiger partial charge on any atom is -0.497 e. The van der Waals surface area contributed by atoms with Gasteiger partial charge in [-0.3, -0.25) is 9.79 Å². The van der Waals surface area contributed by atoms with Crippen molar-refractivity contribution in [3.63, 3.8) is 0 Å². The third-order valence-corrected chi connectivity index (χ3v) is 4.73. The lowest BCUT2D eigenvalue weighted by Crippen LogP contribution is -2.45. The molecule has 0 atom stereocenters. The molecule has 1 aliphatic rings. The van der Waals surface area contributed by atoms with Crippen LogP contribution in [0.15, 0.2) is 53.5 Å². The molecule has 0 spiro atoms.